The number of benzene rings is 1. The van der Waals surface area contributed by atoms with E-state index < -0.39 is 52.6 Å². The van der Waals surface area contributed by atoms with Crippen molar-refractivity contribution in [3.63, 3.8) is 0 Å². The van der Waals surface area contributed by atoms with Crippen LogP contribution in [0.25, 0.3) is 10.4 Å². The molecule has 2 saturated heterocycles. The predicted octanol–water partition coefficient (Wildman–Crippen LogP) is 4.76. The number of likely N-dealkylation sites (tertiary alicyclic amines) is 2. The second-order valence-electron chi connectivity index (χ2n) is 16.2. The van der Waals surface area contributed by atoms with Crippen molar-refractivity contribution < 1.29 is 38.1 Å². The summed E-state index contributed by atoms with van der Waals surface area (Å²) in [6.07, 6.45) is 0.532. The molecule has 5 rings (SSSR count). The maximum atomic E-state index is 14.6. The number of halogens is 1. The number of aryl methyl sites for hydroxylation is 1. The second kappa shape index (κ2) is 15.1. The van der Waals surface area contributed by atoms with Crippen molar-refractivity contribution in [3.05, 3.63) is 35.0 Å². The van der Waals surface area contributed by atoms with Crippen molar-refractivity contribution in [2.24, 2.45) is 11.3 Å². The van der Waals surface area contributed by atoms with Gasteiger partial charge in [0.1, 0.15) is 23.4 Å². The zero-order valence-corrected chi connectivity index (χ0v) is 31.5. The van der Waals surface area contributed by atoms with Crippen LogP contribution in [0.4, 0.5) is 9.18 Å². The van der Waals surface area contributed by atoms with Gasteiger partial charge in [0.05, 0.1) is 28.8 Å². The van der Waals surface area contributed by atoms with Gasteiger partial charge in [-0.05, 0) is 76.3 Å². The number of carbonyl (C=O) groups is 4. The summed E-state index contributed by atoms with van der Waals surface area (Å²) in [6.45, 7) is 14.4. The van der Waals surface area contributed by atoms with E-state index in [4.69, 9.17) is 9.47 Å². The maximum Gasteiger partial charge on any atom is 0.410 e. The molecule has 1 saturated carbocycles. The maximum absolute atomic E-state index is 14.6. The number of alkyl halides is 1. The highest BCUT2D eigenvalue weighted by atomic mass is 32.1. The van der Waals surface area contributed by atoms with Crippen LogP contribution >= 0.6 is 11.3 Å². The van der Waals surface area contributed by atoms with Gasteiger partial charge in [-0.1, -0.05) is 32.9 Å². The lowest BCUT2D eigenvalue weighted by atomic mass is 9.85. The van der Waals surface area contributed by atoms with Gasteiger partial charge >= 0.3 is 6.09 Å². The number of aromatic nitrogens is 1. The first-order valence-corrected chi connectivity index (χ1v) is 18.6. The minimum Gasteiger partial charge on any atom is -0.493 e. The van der Waals surface area contributed by atoms with Gasteiger partial charge in [-0.3, -0.25) is 14.4 Å². The zero-order chi connectivity index (χ0) is 37.3. The van der Waals surface area contributed by atoms with E-state index in [0.717, 1.165) is 34.5 Å². The lowest BCUT2D eigenvalue weighted by Gasteiger charge is -2.35. The van der Waals surface area contributed by atoms with E-state index in [1.54, 1.807) is 31.2 Å². The Labute approximate surface area is 303 Å². The van der Waals surface area contributed by atoms with E-state index >= 15 is 0 Å². The second-order valence-corrected chi connectivity index (χ2v) is 17.0. The summed E-state index contributed by atoms with van der Waals surface area (Å²) in [4.78, 5) is 61.1. The van der Waals surface area contributed by atoms with Crippen LogP contribution in [-0.2, 0) is 25.7 Å². The Morgan fingerprint density at radius 3 is 2.39 bits per heavy atom. The molecule has 0 bridgehead atoms. The predicted molar refractivity (Wildman–Crippen MR) is 191 cm³/mol. The zero-order valence-electron chi connectivity index (χ0n) is 30.7. The van der Waals surface area contributed by atoms with Crippen molar-refractivity contribution in [1.82, 2.24) is 25.4 Å². The van der Waals surface area contributed by atoms with E-state index in [1.165, 1.54) is 16.2 Å². The molecule has 1 aromatic heterocycles. The normalized spacial score (nSPS) is 21.2. The molecule has 3 heterocycles. The molecule has 280 valence electrons. The molecule has 3 fully saturated rings. The summed E-state index contributed by atoms with van der Waals surface area (Å²) in [5.41, 5.74) is 1.06. The third kappa shape index (κ3) is 9.56. The Morgan fingerprint density at radius 1 is 1.12 bits per heavy atom. The molecule has 3 N–H and O–H groups in total. The number of piperidine rings is 1. The molecule has 0 unspecified atom stereocenters. The number of aliphatic hydroxyl groups is 1. The first-order valence-electron chi connectivity index (χ1n) is 17.7. The minimum absolute atomic E-state index is 0.0321. The number of β-amino-alcohol motifs (C(OH)–C–C–N with tert-alkyl or cyclic N) is 1. The SMILES string of the molecule is Cc1ncsc1-c1ccc(CNC(=O)[C@@H]2C[C@@H](O)CN2C(=O)[C@@H](NC(=O)C2(F)CC2)C(C)(C)C)c(OCC2CCN(C(=O)OC(C)(C)C)CC2)c1. The Bertz CT molecular complexity index is 1610. The van der Waals surface area contributed by atoms with Crippen LogP contribution < -0.4 is 15.4 Å². The molecule has 1 aliphatic carbocycles. The number of ether oxygens (including phenoxy) is 2. The fourth-order valence-electron chi connectivity index (χ4n) is 6.39. The van der Waals surface area contributed by atoms with E-state index in [2.05, 4.69) is 15.6 Å². The molecule has 2 aliphatic heterocycles. The molecule has 3 aliphatic rings. The van der Waals surface area contributed by atoms with Crippen LogP contribution in [0.15, 0.2) is 23.7 Å². The van der Waals surface area contributed by atoms with Gasteiger partial charge in [0.2, 0.25) is 11.8 Å². The lowest BCUT2D eigenvalue weighted by molar-refractivity contribution is -0.145. The van der Waals surface area contributed by atoms with Gasteiger partial charge in [-0.25, -0.2) is 14.2 Å². The van der Waals surface area contributed by atoms with Crippen molar-refractivity contribution in [2.45, 2.75) is 117 Å². The molecule has 51 heavy (non-hydrogen) atoms. The van der Waals surface area contributed by atoms with E-state index in [0.29, 0.717) is 25.4 Å². The number of nitrogens with one attached hydrogen (secondary N) is 2. The quantitative estimate of drug-likeness (QED) is 0.317. The summed E-state index contributed by atoms with van der Waals surface area (Å²) in [7, 11) is 0. The number of nitrogens with zero attached hydrogens (tertiary/aromatic N) is 3. The number of aliphatic hydroxyl groups excluding tert-OH is 1. The first-order chi connectivity index (χ1) is 23.8. The third-order valence-electron chi connectivity index (χ3n) is 9.62. The van der Waals surface area contributed by atoms with Crippen LogP contribution in [0.1, 0.15) is 84.9 Å². The fraction of sp³-hybridized carbons (Fsp3) is 0.649. The topological polar surface area (TPSA) is 150 Å². The van der Waals surface area contributed by atoms with E-state index in [1.807, 2.05) is 45.9 Å². The average Bonchev–Trinajstić information content (AvgIpc) is 3.46. The van der Waals surface area contributed by atoms with Crippen molar-refractivity contribution in [3.8, 4) is 16.2 Å². The highest BCUT2D eigenvalue weighted by Gasteiger charge is 2.53. The third-order valence-corrected chi connectivity index (χ3v) is 10.6. The number of thiazole rings is 1. The number of amides is 4. The van der Waals surface area contributed by atoms with Crippen molar-refractivity contribution >= 4 is 35.2 Å². The van der Waals surface area contributed by atoms with Gasteiger partial charge in [0.15, 0.2) is 5.67 Å². The number of hydrogen-bond donors (Lipinski definition) is 3. The molecular weight excluding hydrogens is 678 g/mol. The van der Waals surface area contributed by atoms with Crippen molar-refractivity contribution in [2.75, 3.05) is 26.2 Å². The van der Waals surface area contributed by atoms with Crippen LogP contribution in [0.5, 0.6) is 5.75 Å². The van der Waals surface area contributed by atoms with E-state index in [9.17, 15) is 28.7 Å². The Morgan fingerprint density at radius 2 is 1.80 bits per heavy atom. The molecular formula is C37H52FN5O7S. The van der Waals surface area contributed by atoms with Crippen LogP contribution in [0.2, 0.25) is 0 Å². The van der Waals surface area contributed by atoms with Gasteiger partial charge in [-0.15, -0.1) is 11.3 Å². The lowest BCUT2D eigenvalue weighted by Crippen LogP contribution is -2.59. The van der Waals surface area contributed by atoms with Crippen LogP contribution in [0, 0.1) is 18.3 Å². The molecule has 1 aromatic carbocycles. The molecule has 14 heteroatoms. The van der Waals surface area contributed by atoms with Crippen molar-refractivity contribution in [1.29, 1.82) is 0 Å². The summed E-state index contributed by atoms with van der Waals surface area (Å²) < 4.78 is 26.5. The summed E-state index contributed by atoms with van der Waals surface area (Å²) in [6, 6.07) is 3.74. The minimum atomic E-state index is -1.96. The Kier molecular flexibility index (Phi) is 11.4. The standard InChI is InChI=1S/C37H52FN5O7S/c1-22-29(51-21-40-22)24-8-9-25(28(16-24)49-20-23-10-14-42(15-11-23)34(48)50-36(5,6)7)18-39-31(45)27-17-26(44)19-43(27)32(46)30(35(2,3)4)41-33(47)37(38)12-13-37/h8-9,16,21,23,26-27,30,44H,10-15,17-20H2,1-7H3,(H,39,45)(H,41,47)/t26-,27+,30-/m1/s1. The molecule has 2 aromatic rings. The smallest absolute Gasteiger partial charge is 0.410 e. The monoisotopic (exact) mass is 729 g/mol. The summed E-state index contributed by atoms with van der Waals surface area (Å²) in [5, 5.41) is 16.1. The highest BCUT2D eigenvalue weighted by molar-refractivity contribution is 7.13. The first kappa shape index (κ1) is 38.5. The van der Waals surface area contributed by atoms with Gasteiger partial charge < -0.3 is 35.0 Å². The molecule has 3 atom stereocenters. The Balaban J connectivity index is 1.26. The van der Waals surface area contributed by atoms with E-state index in [-0.39, 0.29) is 44.4 Å². The van der Waals surface area contributed by atoms with Crippen LogP contribution in [0.3, 0.4) is 0 Å². The van der Waals surface area contributed by atoms with Gasteiger partial charge in [-0.2, -0.15) is 0 Å². The number of hydrogen-bond acceptors (Lipinski definition) is 9. The molecule has 0 radical (unpaired) electrons. The fourth-order valence-corrected chi connectivity index (χ4v) is 7.19. The van der Waals surface area contributed by atoms with Crippen LogP contribution in [-0.4, -0.2) is 99.4 Å². The molecule has 4 amide bonds. The largest absolute Gasteiger partial charge is 0.493 e. The van der Waals surface area contributed by atoms with Gasteiger partial charge in [0, 0.05) is 38.2 Å². The average molecular weight is 730 g/mol. The summed E-state index contributed by atoms with van der Waals surface area (Å²) >= 11 is 1.53. The highest BCUT2D eigenvalue weighted by Crippen LogP contribution is 2.40. The summed E-state index contributed by atoms with van der Waals surface area (Å²) in [5.74, 6) is -1.00. The number of carbonyl (C=O) groups excluding carboxylic acids is 4. The van der Waals surface area contributed by atoms with Gasteiger partial charge in [0.25, 0.3) is 5.91 Å². The Hall–Kier alpha value is -3.78. The number of rotatable bonds is 10. The molecule has 0 spiro atoms. The molecule has 12 nitrogen and oxygen atoms in total.